The van der Waals surface area contributed by atoms with Crippen molar-refractivity contribution in [3.05, 3.63) is 45.1 Å². The largest absolute Gasteiger partial charge is 0.476 e. The number of hydrogen-bond acceptors (Lipinski definition) is 3. The lowest BCUT2D eigenvalue weighted by molar-refractivity contribution is -0.671. The summed E-state index contributed by atoms with van der Waals surface area (Å²) < 4.78 is 1.74. The van der Waals surface area contributed by atoms with E-state index in [-0.39, 0.29) is 5.69 Å². The molecule has 0 aliphatic carbocycles. The van der Waals surface area contributed by atoms with Gasteiger partial charge in [-0.2, -0.15) is 4.57 Å². The summed E-state index contributed by atoms with van der Waals surface area (Å²) >= 11 is 7.15. The van der Waals surface area contributed by atoms with Crippen LogP contribution in [0, 0.1) is 11.8 Å². The highest BCUT2D eigenvalue weighted by Gasteiger charge is 2.08. The first-order chi connectivity index (χ1) is 8.58. The van der Waals surface area contributed by atoms with Crippen LogP contribution in [0.3, 0.4) is 0 Å². The van der Waals surface area contributed by atoms with Crippen molar-refractivity contribution in [1.82, 2.24) is 4.98 Å². The molecule has 18 heavy (non-hydrogen) atoms. The number of halogens is 1. The lowest BCUT2D eigenvalue weighted by Gasteiger charge is -1.92. The first-order valence-corrected chi connectivity index (χ1v) is 6.19. The predicted molar refractivity (Wildman–Crippen MR) is 67.7 cm³/mol. The van der Waals surface area contributed by atoms with Gasteiger partial charge in [0.2, 0.25) is 0 Å². The Morgan fingerprint density at radius 3 is 2.94 bits per heavy atom. The molecule has 0 aliphatic heterocycles. The van der Waals surface area contributed by atoms with Gasteiger partial charge in [0.1, 0.15) is 7.05 Å². The number of pyridine rings is 1. The van der Waals surface area contributed by atoms with E-state index in [0.29, 0.717) is 10.2 Å². The molecule has 0 amide bonds. The van der Waals surface area contributed by atoms with Crippen LogP contribution >= 0.6 is 22.9 Å². The molecule has 2 rings (SSSR count). The van der Waals surface area contributed by atoms with Crippen molar-refractivity contribution in [1.29, 1.82) is 0 Å². The van der Waals surface area contributed by atoms with Gasteiger partial charge in [0.25, 0.3) is 10.8 Å². The van der Waals surface area contributed by atoms with Gasteiger partial charge in [-0.05, 0) is 23.6 Å². The van der Waals surface area contributed by atoms with Crippen molar-refractivity contribution in [2.45, 2.75) is 0 Å². The number of nitrogens with zero attached hydrogens (tertiary/aromatic N) is 2. The molecule has 0 saturated heterocycles. The van der Waals surface area contributed by atoms with Gasteiger partial charge in [-0.25, -0.2) is 9.78 Å². The smallest absolute Gasteiger partial charge is 0.355 e. The zero-order valence-corrected chi connectivity index (χ0v) is 10.9. The van der Waals surface area contributed by atoms with E-state index in [4.69, 9.17) is 16.7 Å². The molecule has 0 aromatic carbocycles. The molecule has 4 nitrogen and oxygen atoms in total. The summed E-state index contributed by atoms with van der Waals surface area (Å²) in [6, 6.07) is 5.39. The maximum absolute atomic E-state index is 10.7. The van der Waals surface area contributed by atoms with E-state index in [9.17, 15) is 4.79 Å². The van der Waals surface area contributed by atoms with Crippen LogP contribution < -0.4 is 4.57 Å². The summed E-state index contributed by atoms with van der Waals surface area (Å²) in [5.74, 6) is 4.68. The Morgan fingerprint density at radius 2 is 2.28 bits per heavy atom. The molecular formula is C12H8ClN2O2S+. The van der Waals surface area contributed by atoms with Gasteiger partial charge in [0.15, 0.2) is 10.7 Å². The molecule has 0 atom stereocenters. The number of carboxylic acids is 1. The molecule has 0 radical (unpaired) electrons. The Kier molecular flexibility index (Phi) is 3.60. The molecule has 0 bridgehead atoms. The fourth-order valence-electron chi connectivity index (χ4n) is 1.23. The highest BCUT2D eigenvalue weighted by molar-refractivity contribution is 7.10. The van der Waals surface area contributed by atoms with Gasteiger partial charge in [-0.3, -0.25) is 0 Å². The fraction of sp³-hybridized carbons (Fsp3) is 0.0833. The maximum atomic E-state index is 10.7. The summed E-state index contributed by atoms with van der Waals surface area (Å²) in [4.78, 5) is 14.5. The van der Waals surface area contributed by atoms with Crippen LogP contribution in [-0.2, 0) is 7.05 Å². The minimum absolute atomic E-state index is 0.0137. The van der Waals surface area contributed by atoms with Crippen molar-refractivity contribution in [2.24, 2.45) is 7.05 Å². The van der Waals surface area contributed by atoms with Crippen LogP contribution in [0.1, 0.15) is 21.2 Å². The Balaban J connectivity index is 2.31. The van der Waals surface area contributed by atoms with Gasteiger partial charge in [0, 0.05) is 23.4 Å². The number of rotatable bonds is 1. The summed E-state index contributed by atoms with van der Waals surface area (Å²) in [6.45, 7) is 0. The lowest BCUT2D eigenvalue weighted by atomic mass is 10.3. The second-order valence-electron chi connectivity index (χ2n) is 3.39. The van der Waals surface area contributed by atoms with Crippen molar-refractivity contribution in [3.8, 4) is 11.8 Å². The molecule has 2 aromatic heterocycles. The average molecular weight is 280 g/mol. The summed E-state index contributed by atoms with van der Waals surface area (Å²) in [6.07, 6.45) is 0. The molecule has 0 saturated carbocycles. The predicted octanol–water partition coefficient (Wildman–Crippen LogP) is 1.72. The fourth-order valence-corrected chi connectivity index (χ4v) is 2.03. The van der Waals surface area contributed by atoms with E-state index in [1.165, 1.54) is 16.7 Å². The molecule has 1 N–H and O–H groups in total. The number of aromatic carboxylic acids is 1. The molecule has 0 fully saturated rings. The monoisotopic (exact) mass is 279 g/mol. The van der Waals surface area contributed by atoms with E-state index >= 15 is 0 Å². The highest BCUT2D eigenvalue weighted by atomic mass is 35.5. The minimum Gasteiger partial charge on any atom is -0.476 e. The van der Waals surface area contributed by atoms with Gasteiger partial charge in [-0.15, -0.1) is 11.3 Å². The Morgan fingerprint density at radius 1 is 1.50 bits per heavy atom. The molecule has 0 aliphatic rings. The topological polar surface area (TPSA) is 54.1 Å². The van der Waals surface area contributed by atoms with E-state index in [1.807, 2.05) is 6.07 Å². The number of carboxylic acid groups (broad SMARTS) is 1. The molecule has 0 spiro atoms. The third-order valence-electron chi connectivity index (χ3n) is 2.19. The van der Waals surface area contributed by atoms with Crippen LogP contribution in [-0.4, -0.2) is 16.1 Å². The number of hydrogen-bond donors (Lipinski definition) is 1. The van der Waals surface area contributed by atoms with Crippen molar-refractivity contribution < 1.29 is 14.5 Å². The summed E-state index contributed by atoms with van der Waals surface area (Å²) in [5, 5.41) is 11.2. The molecule has 90 valence electrons. The summed E-state index contributed by atoms with van der Waals surface area (Å²) in [5.41, 5.74) is 0.745. The molecule has 2 aromatic rings. The number of thiazole rings is 1. The molecule has 6 heteroatoms. The van der Waals surface area contributed by atoms with E-state index in [2.05, 4.69) is 16.8 Å². The zero-order valence-electron chi connectivity index (χ0n) is 9.35. The molecule has 2 heterocycles. The summed E-state index contributed by atoms with van der Waals surface area (Å²) in [7, 11) is 1.80. The zero-order chi connectivity index (χ0) is 13.1. The third kappa shape index (κ3) is 2.67. The lowest BCUT2D eigenvalue weighted by Crippen LogP contribution is -2.33. The van der Waals surface area contributed by atoms with Gasteiger partial charge in [0.05, 0.1) is 0 Å². The van der Waals surface area contributed by atoms with Crippen LogP contribution in [0.25, 0.3) is 0 Å². The number of carbonyl (C=O) groups is 1. The Hall–Kier alpha value is -1.90. The van der Waals surface area contributed by atoms with Crippen LogP contribution in [0.5, 0.6) is 0 Å². The normalized spacial score (nSPS) is 9.67. The van der Waals surface area contributed by atoms with Gasteiger partial charge < -0.3 is 5.11 Å². The third-order valence-corrected chi connectivity index (χ3v) is 3.33. The minimum atomic E-state index is -1.05. The van der Waals surface area contributed by atoms with Crippen LogP contribution in [0.2, 0.25) is 5.15 Å². The first-order valence-electron chi connectivity index (χ1n) is 4.93. The van der Waals surface area contributed by atoms with E-state index < -0.39 is 5.97 Å². The van der Waals surface area contributed by atoms with Crippen molar-refractivity contribution in [3.63, 3.8) is 0 Å². The van der Waals surface area contributed by atoms with Crippen LogP contribution in [0.15, 0.2) is 23.6 Å². The standard InChI is InChI=1S/C12H7ClN2O2S/c1-15-8(3-2-4-10(15)13)5-6-11-14-9(7-18-11)12(16)17/h2-4,7H,1H3/p+1. The second-order valence-corrected chi connectivity index (χ2v) is 4.63. The molecular weight excluding hydrogens is 272 g/mol. The quantitative estimate of drug-likeness (QED) is 0.491. The second kappa shape index (κ2) is 5.17. The van der Waals surface area contributed by atoms with Crippen LogP contribution in [0.4, 0.5) is 0 Å². The molecule has 0 unspecified atom stereocenters. The highest BCUT2D eigenvalue weighted by Crippen LogP contribution is 2.08. The average Bonchev–Trinajstić information content (AvgIpc) is 2.80. The Bertz CT molecular complexity index is 670. The van der Waals surface area contributed by atoms with Crippen molar-refractivity contribution in [2.75, 3.05) is 0 Å². The first kappa shape index (κ1) is 12.6. The van der Waals surface area contributed by atoms with Gasteiger partial charge in [-0.1, -0.05) is 0 Å². The Labute approximate surface area is 112 Å². The van der Waals surface area contributed by atoms with Crippen molar-refractivity contribution >= 4 is 28.9 Å². The van der Waals surface area contributed by atoms with Gasteiger partial charge >= 0.3 is 5.97 Å². The van der Waals surface area contributed by atoms with E-state index in [0.717, 1.165) is 5.69 Å². The SMILES string of the molecule is C[n+]1c(Cl)cccc1C#Cc1nc(C(=O)O)cs1. The number of aromatic nitrogens is 2. The maximum Gasteiger partial charge on any atom is 0.355 e. The van der Waals surface area contributed by atoms with E-state index in [1.54, 1.807) is 23.7 Å².